The highest BCUT2D eigenvalue weighted by Crippen LogP contribution is 2.31. The molecular weight excluding hydrogens is 274 g/mol. The van der Waals surface area contributed by atoms with E-state index < -0.39 is 18.0 Å². The van der Waals surface area contributed by atoms with Gasteiger partial charge in [0.2, 0.25) is 0 Å². The molecule has 1 aromatic heterocycles. The molecule has 1 heterocycles. The lowest BCUT2D eigenvalue weighted by Crippen LogP contribution is -2.10. The number of nitrogens with zero attached hydrogens (tertiary/aromatic N) is 1. The molecule has 0 amide bonds. The Labute approximate surface area is 92.6 Å². The molecule has 2 N–H and O–H groups in total. The van der Waals surface area contributed by atoms with E-state index in [1.54, 1.807) is 0 Å². The molecule has 4 nitrogen and oxygen atoms in total. The van der Waals surface area contributed by atoms with Crippen molar-refractivity contribution in [3.8, 4) is 0 Å². The highest BCUT2D eigenvalue weighted by atomic mass is 79.9. The largest absolute Gasteiger partial charge is 0.465 e. The minimum Gasteiger partial charge on any atom is -0.465 e. The molecule has 0 aliphatic heterocycles. The molecule has 0 unspecified atom stereocenters. The molecule has 0 aliphatic rings. The zero-order valence-electron chi connectivity index (χ0n) is 7.63. The number of alkyl halides is 2. The second kappa shape index (κ2) is 4.52. The molecule has 0 atom stereocenters. The summed E-state index contributed by atoms with van der Waals surface area (Å²) in [6.07, 6.45) is -1.96. The first-order valence-electron chi connectivity index (χ1n) is 3.79. The second-order valence-electron chi connectivity index (χ2n) is 2.58. The minimum atomic E-state index is -2.82. The Balaban J connectivity index is 3.41. The zero-order valence-corrected chi connectivity index (χ0v) is 9.22. The third-order valence-corrected chi connectivity index (χ3v) is 2.50. The normalized spacial score (nSPS) is 10.5. The average Bonchev–Trinajstić information content (AvgIpc) is 2.20. The van der Waals surface area contributed by atoms with Gasteiger partial charge in [-0.15, -0.1) is 0 Å². The van der Waals surface area contributed by atoms with Gasteiger partial charge in [-0.25, -0.2) is 18.6 Å². The van der Waals surface area contributed by atoms with Crippen LogP contribution in [0, 0.1) is 0 Å². The summed E-state index contributed by atoms with van der Waals surface area (Å²) in [4.78, 5) is 14.8. The lowest BCUT2D eigenvalue weighted by molar-refractivity contribution is 0.0588. The van der Waals surface area contributed by atoms with Crippen molar-refractivity contribution in [3.63, 3.8) is 0 Å². The number of methoxy groups -OCH3 is 1. The molecule has 15 heavy (non-hydrogen) atoms. The summed E-state index contributed by atoms with van der Waals surface area (Å²) in [6.45, 7) is 0. The number of pyridine rings is 1. The molecule has 0 fully saturated rings. The van der Waals surface area contributed by atoms with Crippen LogP contribution in [-0.4, -0.2) is 18.1 Å². The summed E-state index contributed by atoms with van der Waals surface area (Å²) in [7, 11) is 1.10. The molecule has 1 aromatic rings. The van der Waals surface area contributed by atoms with Gasteiger partial charge < -0.3 is 10.5 Å². The van der Waals surface area contributed by atoms with Crippen LogP contribution in [-0.2, 0) is 4.74 Å². The Kier molecular flexibility index (Phi) is 3.57. The molecule has 0 aliphatic carbocycles. The van der Waals surface area contributed by atoms with Crippen LogP contribution in [0.5, 0.6) is 0 Å². The molecule has 1 rings (SSSR count). The fourth-order valence-electron chi connectivity index (χ4n) is 0.990. The van der Waals surface area contributed by atoms with Gasteiger partial charge in [0.15, 0.2) is 0 Å². The first-order chi connectivity index (χ1) is 6.99. The van der Waals surface area contributed by atoms with E-state index in [-0.39, 0.29) is 15.9 Å². The highest BCUT2D eigenvalue weighted by Gasteiger charge is 2.24. The molecule has 0 saturated heterocycles. The van der Waals surface area contributed by atoms with Gasteiger partial charge in [-0.2, -0.15) is 0 Å². The van der Waals surface area contributed by atoms with Gasteiger partial charge in [-0.1, -0.05) is 0 Å². The van der Waals surface area contributed by atoms with Gasteiger partial charge in [0, 0.05) is 6.20 Å². The molecule has 7 heteroatoms. The maximum atomic E-state index is 12.5. The van der Waals surface area contributed by atoms with Crippen molar-refractivity contribution in [2.45, 2.75) is 6.43 Å². The van der Waals surface area contributed by atoms with Crippen molar-refractivity contribution in [1.29, 1.82) is 0 Å². The van der Waals surface area contributed by atoms with Crippen molar-refractivity contribution >= 4 is 27.7 Å². The molecule has 0 radical (unpaired) electrons. The van der Waals surface area contributed by atoms with Gasteiger partial charge >= 0.3 is 5.97 Å². The third-order valence-electron chi connectivity index (χ3n) is 1.70. The maximum Gasteiger partial charge on any atom is 0.339 e. The van der Waals surface area contributed by atoms with E-state index in [0.29, 0.717) is 0 Å². The Hall–Kier alpha value is -1.24. The van der Waals surface area contributed by atoms with E-state index in [9.17, 15) is 13.6 Å². The van der Waals surface area contributed by atoms with Crippen LogP contribution < -0.4 is 5.73 Å². The number of carbonyl (C=O) groups excluding carboxylic acids is 1. The van der Waals surface area contributed by atoms with E-state index in [0.717, 1.165) is 13.3 Å². The number of hydrogen-bond donors (Lipinski definition) is 1. The molecular formula is C8H7BrF2N2O2. The summed E-state index contributed by atoms with van der Waals surface area (Å²) in [6, 6.07) is 0. The Morgan fingerprint density at radius 3 is 2.73 bits per heavy atom. The van der Waals surface area contributed by atoms with E-state index in [2.05, 4.69) is 25.7 Å². The molecule has 0 aromatic carbocycles. The Morgan fingerprint density at radius 2 is 2.27 bits per heavy atom. The van der Waals surface area contributed by atoms with Crippen LogP contribution in [0.3, 0.4) is 0 Å². The van der Waals surface area contributed by atoms with Crippen LogP contribution in [0.1, 0.15) is 22.3 Å². The van der Waals surface area contributed by atoms with E-state index in [1.807, 2.05) is 0 Å². The van der Waals surface area contributed by atoms with Crippen molar-refractivity contribution < 1.29 is 18.3 Å². The smallest absolute Gasteiger partial charge is 0.339 e. The van der Waals surface area contributed by atoms with E-state index in [1.165, 1.54) is 0 Å². The number of rotatable bonds is 2. The van der Waals surface area contributed by atoms with Crippen LogP contribution >= 0.6 is 15.9 Å². The number of nitrogens with two attached hydrogens (primary N) is 1. The summed E-state index contributed by atoms with van der Waals surface area (Å²) in [5.41, 5.74) is 4.57. The van der Waals surface area contributed by atoms with Gasteiger partial charge in [0.05, 0.1) is 22.7 Å². The molecule has 0 saturated carbocycles. The molecule has 82 valence electrons. The SMILES string of the molecule is COC(=O)c1c(C(F)F)cnc(N)c1Br. The fraction of sp³-hybridized carbons (Fsp3) is 0.250. The minimum absolute atomic E-state index is 0.0205. The first-order valence-corrected chi connectivity index (χ1v) is 4.58. The zero-order chi connectivity index (χ0) is 11.6. The number of hydrogen-bond acceptors (Lipinski definition) is 4. The van der Waals surface area contributed by atoms with Gasteiger partial charge in [-0.05, 0) is 15.9 Å². The lowest BCUT2D eigenvalue weighted by Gasteiger charge is -2.09. The maximum absolute atomic E-state index is 12.5. The van der Waals surface area contributed by atoms with Crippen molar-refractivity contribution in [2.24, 2.45) is 0 Å². The lowest BCUT2D eigenvalue weighted by atomic mass is 10.1. The standard InChI is InChI=1S/C8H7BrF2N2O2/c1-15-8(14)4-3(6(10)11)2-13-7(12)5(4)9/h2,6H,1H3,(H2,12,13). The summed E-state index contributed by atoms with van der Waals surface area (Å²) >= 11 is 2.92. The third kappa shape index (κ3) is 2.23. The number of esters is 1. The first kappa shape index (κ1) is 11.8. The van der Waals surface area contributed by atoms with Gasteiger partial charge in [-0.3, -0.25) is 0 Å². The topological polar surface area (TPSA) is 65.2 Å². The number of carbonyl (C=O) groups is 1. The van der Waals surface area contributed by atoms with Crippen LogP contribution in [0.25, 0.3) is 0 Å². The van der Waals surface area contributed by atoms with E-state index in [4.69, 9.17) is 5.73 Å². The number of halogens is 3. The van der Waals surface area contributed by atoms with Crippen molar-refractivity contribution in [2.75, 3.05) is 12.8 Å². The highest BCUT2D eigenvalue weighted by molar-refractivity contribution is 9.10. The number of ether oxygens (including phenoxy) is 1. The Bertz CT molecular complexity index is 398. The Morgan fingerprint density at radius 1 is 1.67 bits per heavy atom. The van der Waals surface area contributed by atoms with Crippen LogP contribution in [0.15, 0.2) is 10.7 Å². The predicted octanol–water partition coefficient (Wildman–Crippen LogP) is 2.15. The monoisotopic (exact) mass is 280 g/mol. The number of anilines is 1. The second-order valence-corrected chi connectivity index (χ2v) is 3.37. The summed E-state index contributed by atoms with van der Waals surface area (Å²) < 4.78 is 29.5. The van der Waals surface area contributed by atoms with Crippen LogP contribution in [0.2, 0.25) is 0 Å². The van der Waals surface area contributed by atoms with Crippen molar-refractivity contribution in [1.82, 2.24) is 4.98 Å². The number of nitrogen functional groups attached to an aromatic ring is 1. The van der Waals surface area contributed by atoms with E-state index >= 15 is 0 Å². The molecule has 0 spiro atoms. The predicted molar refractivity (Wildman–Crippen MR) is 52.6 cm³/mol. The van der Waals surface area contributed by atoms with Crippen LogP contribution in [0.4, 0.5) is 14.6 Å². The average molecular weight is 281 g/mol. The molecule has 0 bridgehead atoms. The van der Waals surface area contributed by atoms with Gasteiger partial charge in [0.25, 0.3) is 6.43 Å². The number of aromatic nitrogens is 1. The summed E-state index contributed by atoms with van der Waals surface area (Å²) in [5, 5.41) is 0. The van der Waals surface area contributed by atoms with Gasteiger partial charge in [0.1, 0.15) is 5.82 Å². The quantitative estimate of drug-likeness (QED) is 0.843. The van der Waals surface area contributed by atoms with Crippen molar-refractivity contribution in [3.05, 3.63) is 21.8 Å². The fourth-order valence-corrected chi connectivity index (χ4v) is 1.48. The summed E-state index contributed by atoms with van der Waals surface area (Å²) in [5.74, 6) is -0.925.